The van der Waals surface area contributed by atoms with Crippen LogP contribution in [0.25, 0.3) is 0 Å². The highest BCUT2D eigenvalue weighted by Crippen LogP contribution is 2.16. The molecule has 1 rings (SSSR count). The third kappa shape index (κ3) is 4.35. The van der Waals surface area contributed by atoms with Crippen LogP contribution in [0.5, 0.6) is 0 Å². The summed E-state index contributed by atoms with van der Waals surface area (Å²) in [5.74, 6) is -0.959. The minimum atomic E-state index is -3.57. The van der Waals surface area contributed by atoms with E-state index in [-0.39, 0.29) is 0 Å². The van der Waals surface area contributed by atoms with Gasteiger partial charge in [-0.3, -0.25) is 9.52 Å². The first-order valence-electron chi connectivity index (χ1n) is 6.49. The Hall–Kier alpha value is -1.36. The molecule has 2 atom stereocenters. The maximum absolute atomic E-state index is 12.0. The van der Waals surface area contributed by atoms with Crippen LogP contribution < -0.4 is 4.72 Å². The van der Waals surface area contributed by atoms with E-state index in [1.165, 1.54) is 0 Å². The molecule has 1 N–H and O–H groups in total. The zero-order valence-electron chi connectivity index (χ0n) is 11.6. The zero-order valence-corrected chi connectivity index (χ0v) is 12.4. The van der Waals surface area contributed by atoms with Gasteiger partial charge in [-0.15, -0.1) is 0 Å². The van der Waals surface area contributed by atoms with Crippen molar-refractivity contribution in [1.82, 2.24) is 4.72 Å². The second kappa shape index (κ2) is 6.70. The Morgan fingerprint density at radius 3 is 2.32 bits per heavy atom. The summed E-state index contributed by atoms with van der Waals surface area (Å²) in [6.07, 6.45) is 1.31. The smallest absolute Gasteiger partial charge is 0.240 e. The summed E-state index contributed by atoms with van der Waals surface area (Å²) in [7, 11) is -3.57. The number of sulfonamides is 1. The van der Waals surface area contributed by atoms with Crippen molar-refractivity contribution in [2.45, 2.75) is 44.8 Å². The molecule has 0 aliphatic carbocycles. The third-order valence-corrected chi connectivity index (χ3v) is 4.94. The lowest BCUT2D eigenvalue weighted by Gasteiger charge is -2.16. The topological polar surface area (TPSA) is 63.2 Å². The van der Waals surface area contributed by atoms with Gasteiger partial charge in [0, 0.05) is 0 Å². The van der Waals surface area contributed by atoms with Crippen LogP contribution in [0.1, 0.15) is 45.1 Å². The Kier molecular flexibility index (Phi) is 5.54. The molecule has 1 aromatic carbocycles. The summed E-state index contributed by atoms with van der Waals surface area (Å²) in [5.41, 5.74) is 0.804. The van der Waals surface area contributed by atoms with E-state index in [4.69, 9.17) is 0 Å². The summed E-state index contributed by atoms with van der Waals surface area (Å²) in [4.78, 5) is 12.0. The first-order valence-corrected chi connectivity index (χ1v) is 8.03. The van der Waals surface area contributed by atoms with Crippen LogP contribution >= 0.6 is 0 Å². The van der Waals surface area contributed by atoms with Crippen LogP contribution in [-0.2, 0) is 14.8 Å². The molecule has 5 heteroatoms. The van der Waals surface area contributed by atoms with Crippen molar-refractivity contribution in [3.8, 4) is 0 Å². The van der Waals surface area contributed by atoms with Gasteiger partial charge in [0.25, 0.3) is 0 Å². The lowest BCUT2D eigenvalue weighted by molar-refractivity contribution is -0.120. The second-order valence-electron chi connectivity index (χ2n) is 4.74. The molecule has 0 spiro atoms. The summed E-state index contributed by atoms with van der Waals surface area (Å²) >= 11 is 0. The number of hydrogen-bond acceptors (Lipinski definition) is 3. The van der Waals surface area contributed by atoms with Crippen molar-refractivity contribution in [1.29, 1.82) is 0 Å². The van der Waals surface area contributed by atoms with Gasteiger partial charge in [-0.25, -0.2) is 8.42 Å². The second-order valence-corrected chi connectivity index (χ2v) is 6.84. The Morgan fingerprint density at radius 1 is 1.21 bits per heavy atom. The molecule has 4 nitrogen and oxygen atoms in total. The van der Waals surface area contributed by atoms with Gasteiger partial charge in [0.1, 0.15) is 0 Å². The molecule has 0 heterocycles. The number of nitrogens with one attached hydrogen (secondary N) is 1. The SMILES string of the molecule is CCC[C@@H](C)S(=O)(=O)NC(=O)[C@H](C)c1ccccc1. The maximum atomic E-state index is 12.0. The minimum Gasteiger partial charge on any atom is -0.273 e. The van der Waals surface area contributed by atoms with Gasteiger partial charge < -0.3 is 0 Å². The normalized spacial score (nSPS) is 14.7. The predicted molar refractivity (Wildman–Crippen MR) is 76.3 cm³/mol. The monoisotopic (exact) mass is 283 g/mol. The van der Waals surface area contributed by atoms with Crippen molar-refractivity contribution >= 4 is 15.9 Å². The molecule has 106 valence electrons. The fourth-order valence-electron chi connectivity index (χ4n) is 1.78. The van der Waals surface area contributed by atoms with Crippen LogP contribution in [0.3, 0.4) is 0 Å². The average Bonchev–Trinajstić information content (AvgIpc) is 2.38. The average molecular weight is 283 g/mol. The summed E-state index contributed by atoms with van der Waals surface area (Å²) in [5, 5.41) is -0.551. The minimum absolute atomic E-state index is 0.478. The Labute approximate surface area is 115 Å². The fraction of sp³-hybridized carbons (Fsp3) is 0.500. The molecule has 0 saturated heterocycles. The molecule has 1 aromatic rings. The van der Waals surface area contributed by atoms with Gasteiger partial charge in [-0.2, -0.15) is 0 Å². The highest BCUT2D eigenvalue weighted by molar-refractivity contribution is 7.90. The van der Waals surface area contributed by atoms with E-state index in [1.807, 2.05) is 37.3 Å². The predicted octanol–water partition coefficient (Wildman–Crippen LogP) is 2.42. The molecular formula is C14H21NO3S. The molecule has 0 radical (unpaired) electrons. The molecule has 0 unspecified atom stereocenters. The van der Waals surface area contributed by atoms with E-state index in [0.29, 0.717) is 6.42 Å². The van der Waals surface area contributed by atoms with Crippen LogP contribution in [0, 0.1) is 0 Å². The third-order valence-electron chi connectivity index (χ3n) is 3.16. The molecule has 0 saturated carbocycles. The molecule has 0 aliphatic heterocycles. The lowest BCUT2D eigenvalue weighted by atomic mass is 10.0. The molecule has 0 aliphatic rings. The van der Waals surface area contributed by atoms with Gasteiger partial charge in [0.05, 0.1) is 11.2 Å². The zero-order chi connectivity index (χ0) is 14.5. The number of rotatable bonds is 6. The molecule has 19 heavy (non-hydrogen) atoms. The van der Waals surface area contributed by atoms with Crippen molar-refractivity contribution in [3.63, 3.8) is 0 Å². The summed E-state index contributed by atoms with van der Waals surface area (Å²) in [6, 6.07) is 9.13. The van der Waals surface area contributed by atoms with Crippen molar-refractivity contribution < 1.29 is 13.2 Å². The first-order chi connectivity index (χ1) is 8.88. The maximum Gasteiger partial charge on any atom is 0.240 e. The number of carbonyl (C=O) groups excluding carboxylic acids is 1. The molecular weight excluding hydrogens is 262 g/mol. The number of amides is 1. The summed E-state index contributed by atoms with van der Waals surface area (Å²) in [6.45, 7) is 5.23. The first kappa shape index (κ1) is 15.7. The number of hydrogen-bond donors (Lipinski definition) is 1. The van der Waals surface area contributed by atoms with Crippen molar-refractivity contribution in [3.05, 3.63) is 35.9 Å². The van der Waals surface area contributed by atoms with Crippen molar-refractivity contribution in [2.24, 2.45) is 0 Å². The lowest BCUT2D eigenvalue weighted by Crippen LogP contribution is -2.39. The van der Waals surface area contributed by atoms with Gasteiger partial charge in [0.15, 0.2) is 0 Å². The van der Waals surface area contributed by atoms with Crippen LogP contribution in [0.15, 0.2) is 30.3 Å². The molecule has 0 bridgehead atoms. The van der Waals surface area contributed by atoms with E-state index >= 15 is 0 Å². The van der Waals surface area contributed by atoms with Gasteiger partial charge >= 0.3 is 0 Å². The van der Waals surface area contributed by atoms with Crippen molar-refractivity contribution in [2.75, 3.05) is 0 Å². The molecule has 0 fully saturated rings. The fourth-order valence-corrected chi connectivity index (χ4v) is 2.99. The number of benzene rings is 1. The van der Waals surface area contributed by atoms with E-state index in [0.717, 1.165) is 12.0 Å². The van der Waals surface area contributed by atoms with Crippen LogP contribution in [-0.4, -0.2) is 19.6 Å². The quantitative estimate of drug-likeness (QED) is 0.872. The van der Waals surface area contributed by atoms with Gasteiger partial charge in [-0.1, -0.05) is 43.7 Å². The Morgan fingerprint density at radius 2 is 1.79 bits per heavy atom. The van der Waals surface area contributed by atoms with Crippen LogP contribution in [0.2, 0.25) is 0 Å². The molecule has 0 aromatic heterocycles. The largest absolute Gasteiger partial charge is 0.273 e. The standard InChI is InChI=1S/C14H21NO3S/c1-4-8-11(2)19(17,18)15-14(16)12(3)13-9-6-5-7-10-13/h5-7,9-12H,4,8H2,1-3H3,(H,15,16)/t11-,12-/m1/s1. The van der Waals surface area contributed by atoms with E-state index in [2.05, 4.69) is 4.72 Å². The van der Waals surface area contributed by atoms with Gasteiger partial charge in [-0.05, 0) is 25.8 Å². The van der Waals surface area contributed by atoms with Gasteiger partial charge in [0.2, 0.25) is 15.9 Å². The van der Waals surface area contributed by atoms with E-state index in [1.54, 1.807) is 13.8 Å². The Bertz CT molecular complexity index is 511. The number of carbonyl (C=O) groups is 1. The summed E-state index contributed by atoms with van der Waals surface area (Å²) < 4.78 is 26.0. The van der Waals surface area contributed by atoms with Crippen LogP contribution in [0.4, 0.5) is 0 Å². The van der Waals surface area contributed by atoms with E-state index < -0.39 is 27.1 Å². The van der Waals surface area contributed by atoms with E-state index in [9.17, 15) is 13.2 Å². The highest BCUT2D eigenvalue weighted by Gasteiger charge is 2.25. The Balaban J connectivity index is 2.75. The highest BCUT2D eigenvalue weighted by atomic mass is 32.2. The molecule has 1 amide bonds.